The quantitative estimate of drug-likeness (QED) is 0.684. The summed E-state index contributed by atoms with van der Waals surface area (Å²) in [4.78, 5) is 14.9. The largest absolute Gasteiger partial charge is 0.490 e. The molecule has 1 N–H and O–H groups in total. The molecule has 1 amide bonds. The Morgan fingerprint density at radius 1 is 1.08 bits per heavy atom. The average molecular weight is 356 g/mol. The van der Waals surface area contributed by atoms with E-state index < -0.39 is 0 Å². The summed E-state index contributed by atoms with van der Waals surface area (Å²) in [7, 11) is 1.62. The Morgan fingerprint density at radius 3 is 2.38 bits per heavy atom. The molecule has 0 saturated heterocycles. The third-order valence-corrected chi connectivity index (χ3v) is 4.10. The van der Waals surface area contributed by atoms with E-state index in [9.17, 15) is 4.79 Å². The maximum absolute atomic E-state index is 12.6. The van der Waals surface area contributed by atoms with Gasteiger partial charge in [-0.3, -0.25) is 4.79 Å². The second kappa shape index (κ2) is 9.82. The number of hydrogen-bond acceptors (Lipinski definition) is 4. The molecular formula is C21H28N2O3. The number of hydrogen-bond donors (Lipinski definition) is 1. The summed E-state index contributed by atoms with van der Waals surface area (Å²) in [6, 6.07) is 15.5. The lowest BCUT2D eigenvalue weighted by atomic mass is 10.1. The molecule has 0 heterocycles. The monoisotopic (exact) mass is 356 g/mol. The molecule has 0 aromatic heterocycles. The highest BCUT2D eigenvalue weighted by Crippen LogP contribution is 2.22. The van der Waals surface area contributed by atoms with Gasteiger partial charge in [0.05, 0.1) is 12.2 Å². The van der Waals surface area contributed by atoms with Crippen LogP contribution in [0.3, 0.4) is 0 Å². The van der Waals surface area contributed by atoms with Gasteiger partial charge < -0.3 is 19.7 Å². The SMILES string of the molecule is CCN(c1ccc(NC(=O)c2ccccc2OCCOC)cc1)C(C)C. The Hall–Kier alpha value is -2.53. The van der Waals surface area contributed by atoms with Crippen molar-refractivity contribution in [2.75, 3.05) is 37.1 Å². The van der Waals surface area contributed by atoms with Crippen LogP contribution in [0, 0.1) is 0 Å². The molecule has 2 aromatic rings. The van der Waals surface area contributed by atoms with Gasteiger partial charge in [-0.2, -0.15) is 0 Å². The molecule has 0 unspecified atom stereocenters. The van der Waals surface area contributed by atoms with Crippen LogP contribution in [0.25, 0.3) is 0 Å². The minimum atomic E-state index is -0.193. The van der Waals surface area contributed by atoms with Gasteiger partial charge in [-0.15, -0.1) is 0 Å². The Balaban J connectivity index is 2.08. The number of nitrogens with zero attached hydrogens (tertiary/aromatic N) is 1. The summed E-state index contributed by atoms with van der Waals surface area (Å²) < 4.78 is 10.6. The second-order valence-corrected chi connectivity index (χ2v) is 6.22. The summed E-state index contributed by atoms with van der Waals surface area (Å²) in [6.45, 7) is 8.28. The molecule has 5 heteroatoms. The number of carbonyl (C=O) groups excluding carboxylic acids is 1. The fourth-order valence-electron chi connectivity index (χ4n) is 2.80. The van der Waals surface area contributed by atoms with Gasteiger partial charge >= 0.3 is 0 Å². The number of benzene rings is 2. The summed E-state index contributed by atoms with van der Waals surface area (Å²) in [5.74, 6) is 0.359. The number of para-hydroxylation sites is 1. The van der Waals surface area contributed by atoms with Gasteiger partial charge in [0, 0.05) is 31.1 Å². The lowest BCUT2D eigenvalue weighted by molar-refractivity contribution is 0.101. The zero-order valence-corrected chi connectivity index (χ0v) is 16.0. The van der Waals surface area contributed by atoms with E-state index in [4.69, 9.17) is 9.47 Å². The van der Waals surface area contributed by atoms with Crippen LogP contribution in [0.15, 0.2) is 48.5 Å². The van der Waals surface area contributed by atoms with Crippen molar-refractivity contribution in [3.63, 3.8) is 0 Å². The lowest BCUT2D eigenvalue weighted by Crippen LogP contribution is -2.30. The van der Waals surface area contributed by atoms with E-state index in [1.54, 1.807) is 19.2 Å². The third-order valence-electron chi connectivity index (χ3n) is 4.10. The maximum Gasteiger partial charge on any atom is 0.259 e. The van der Waals surface area contributed by atoms with Crippen molar-refractivity contribution in [1.82, 2.24) is 0 Å². The molecule has 2 aromatic carbocycles. The molecule has 0 aliphatic carbocycles. The molecular weight excluding hydrogens is 328 g/mol. The van der Waals surface area contributed by atoms with Crippen LogP contribution in [0.5, 0.6) is 5.75 Å². The van der Waals surface area contributed by atoms with Crippen molar-refractivity contribution >= 4 is 17.3 Å². The molecule has 0 saturated carbocycles. The molecule has 0 fully saturated rings. The van der Waals surface area contributed by atoms with E-state index in [2.05, 4.69) is 31.0 Å². The van der Waals surface area contributed by atoms with Crippen LogP contribution in [0.1, 0.15) is 31.1 Å². The Labute approximate surface area is 155 Å². The number of rotatable bonds is 9. The smallest absolute Gasteiger partial charge is 0.259 e. The van der Waals surface area contributed by atoms with Gasteiger partial charge in [-0.25, -0.2) is 0 Å². The number of carbonyl (C=O) groups is 1. The van der Waals surface area contributed by atoms with E-state index in [-0.39, 0.29) is 5.91 Å². The Morgan fingerprint density at radius 2 is 1.77 bits per heavy atom. The highest BCUT2D eigenvalue weighted by molar-refractivity contribution is 6.06. The van der Waals surface area contributed by atoms with E-state index in [1.807, 2.05) is 36.4 Å². The van der Waals surface area contributed by atoms with Crippen molar-refractivity contribution in [3.8, 4) is 5.75 Å². The van der Waals surface area contributed by atoms with Gasteiger partial charge in [-0.05, 0) is 57.2 Å². The molecule has 140 valence electrons. The molecule has 0 aliphatic heterocycles. The summed E-state index contributed by atoms with van der Waals surface area (Å²) >= 11 is 0. The molecule has 2 rings (SSSR count). The van der Waals surface area contributed by atoms with Gasteiger partial charge in [0.25, 0.3) is 5.91 Å². The first kappa shape index (κ1) is 19.8. The van der Waals surface area contributed by atoms with Crippen LogP contribution in [0.4, 0.5) is 11.4 Å². The number of amides is 1. The third kappa shape index (κ3) is 5.23. The first-order chi connectivity index (χ1) is 12.6. The van der Waals surface area contributed by atoms with Crippen molar-refractivity contribution < 1.29 is 14.3 Å². The normalized spacial score (nSPS) is 10.7. The predicted molar refractivity (Wildman–Crippen MR) is 106 cm³/mol. The Bertz CT molecular complexity index is 699. The standard InChI is InChI=1S/C21H28N2O3/c1-5-23(16(2)3)18-12-10-17(11-13-18)22-21(24)19-8-6-7-9-20(19)26-15-14-25-4/h6-13,16H,5,14-15H2,1-4H3,(H,22,24). The summed E-state index contributed by atoms with van der Waals surface area (Å²) in [5.41, 5.74) is 2.40. The zero-order chi connectivity index (χ0) is 18.9. The van der Waals surface area contributed by atoms with Crippen molar-refractivity contribution in [3.05, 3.63) is 54.1 Å². The summed E-state index contributed by atoms with van der Waals surface area (Å²) in [5, 5.41) is 2.93. The molecule has 0 aliphatic rings. The van der Waals surface area contributed by atoms with E-state index in [0.29, 0.717) is 30.6 Å². The molecule has 26 heavy (non-hydrogen) atoms. The minimum absolute atomic E-state index is 0.193. The van der Waals surface area contributed by atoms with E-state index in [0.717, 1.165) is 17.9 Å². The Kier molecular flexibility index (Phi) is 7.48. The van der Waals surface area contributed by atoms with E-state index in [1.165, 1.54) is 0 Å². The molecule has 0 spiro atoms. The van der Waals surface area contributed by atoms with E-state index >= 15 is 0 Å². The number of nitrogens with one attached hydrogen (secondary N) is 1. The highest BCUT2D eigenvalue weighted by atomic mass is 16.5. The van der Waals surface area contributed by atoms with Crippen molar-refractivity contribution in [1.29, 1.82) is 0 Å². The lowest BCUT2D eigenvalue weighted by Gasteiger charge is -2.27. The van der Waals surface area contributed by atoms with Crippen LogP contribution in [-0.4, -0.2) is 38.8 Å². The van der Waals surface area contributed by atoms with Crippen LogP contribution >= 0.6 is 0 Å². The number of anilines is 2. The number of ether oxygens (including phenoxy) is 2. The van der Waals surface area contributed by atoms with Crippen LogP contribution in [-0.2, 0) is 4.74 Å². The molecule has 5 nitrogen and oxygen atoms in total. The number of methoxy groups -OCH3 is 1. The van der Waals surface area contributed by atoms with Crippen LogP contribution < -0.4 is 15.0 Å². The molecule has 0 bridgehead atoms. The van der Waals surface area contributed by atoms with Gasteiger partial charge in [0.2, 0.25) is 0 Å². The summed E-state index contributed by atoms with van der Waals surface area (Å²) in [6.07, 6.45) is 0. The maximum atomic E-state index is 12.6. The van der Waals surface area contributed by atoms with Crippen molar-refractivity contribution in [2.24, 2.45) is 0 Å². The first-order valence-corrected chi connectivity index (χ1v) is 8.95. The first-order valence-electron chi connectivity index (χ1n) is 8.95. The molecule has 0 atom stereocenters. The highest BCUT2D eigenvalue weighted by Gasteiger charge is 2.13. The fourth-order valence-corrected chi connectivity index (χ4v) is 2.80. The minimum Gasteiger partial charge on any atom is -0.490 e. The fraction of sp³-hybridized carbons (Fsp3) is 0.381. The average Bonchev–Trinajstić information content (AvgIpc) is 2.64. The van der Waals surface area contributed by atoms with Crippen molar-refractivity contribution in [2.45, 2.75) is 26.8 Å². The molecule has 0 radical (unpaired) electrons. The van der Waals surface area contributed by atoms with Gasteiger partial charge in [0.15, 0.2) is 0 Å². The second-order valence-electron chi connectivity index (χ2n) is 6.22. The topological polar surface area (TPSA) is 50.8 Å². The zero-order valence-electron chi connectivity index (χ0n) is 16.0. The van der Waals surface area contributed by atoms with Gasteiger partial charge in [0.1, 0.15) is 12.4 Å². The van der Waals surface area contributed by atoms with Gasteiger partial charge in [-0.1, -0.05) is 12.1 Å². The predicted octanol–water partition coefficient (Wildman–Crippen LogP) is 4.20. The van der Waals surface area contributed by atoms with Crippen LogP contribution in [0.2, 0.25) is 0 Å².